The van der Waals surface area contributed by atoms with Crippen molar-refractivity contribution < 1.29 is 23.9 Å². The number of benzene rings is 2. The molecule has 0 fully saturated rings. The Labute approximate surface area is 148 Å². The molecule has 2 aromatic rings. The topological polar surface area (TPSA) is 100 Å². The summed E-state index contributed by atoms with van der Waals surface area (Å²) in [4.78, 5) is 27.0. The quantitative estimate of drug-likeness (QED) is 0.354. The van der Waals surface area contributed by atoms with Crippen LogP contribution in [0.5, 0.6) is 11.5 Å². The van der Waals surface area contributed by atoms with Gasteiger partial charge in [0.25, 0.3) is 5.69 Å². The molecule has 26 heavy (non-hydrogen) atoms. The van der Waals surface area contributed by atoms with Crippen LogP contribution >= 0.6 is 0 Å². The van der Waals surface area contributed by atoms with Crippen molar-refractivity contribution in [1.82, 2.24) is 0 Å². The van der Waals surface area contributed by atoms with Gasteiger partial charge in [0.15, 0.2) is 17.2 Å². The fourth-order valence-corrected chi connectivity index (χ4v) is 2.42. The molecule has 0 aromatic heterocycles. The van der Waals surface area contributed by atoms with Crippen LogP contribution in [-0.2, 0) is 9.53 Å². The van der Waals surface area contributed by atoms with Crippen LogP contribution in [0.15, 0.2) is 53.2 Å². The van der Waals surface area contributed by atoms with Crippen molar-refractivity contribution in [3.63, 3.8) is 0 Å². The van der Waals surface area contributed by atoms with E-state index in [4.69, 9.17) is 14.2 Å². The average Bonchev–Trinajstić information content (AvgIpc) is 3.02. The van der Waals surface area contributed by atoms with Crippen molar-refractivity contribution in [3.8, 4) is 11.5 Å². The van der Waals surface area contributed by atoms with Crippen LogP contribution in [0, 0.1) is 10.1 Å². The highest BCUT2D eigenvalue weighted by Crippen LogP contribution is 2.36. The van der Waals surface area contributed by atoms with Crippen molar-refractivity contribution in [2.45, 2.75) is 0 Å². The average molecular weight is 354 g/mol. The number of nitro benzene ring substituents is 1. The van der Waals surface area contributed by atoms with E-state index in [9.17, 15) is 14.9 Å². The molecule has 0 saturated carbocycles. The van der Waals surface area contributed by atoms with Gasteiger partial charge in [0.05, 0.1) is 30.8 Å². The molecule has 8 nitrogen and oxygen atoms in total. The maximum atomic E-state index is 12.1. The lowest BCUT2D eigenvalue weighted by molar-refractivity contribution is -0.385. The molecule has 0 amide bonds. The first-order valence-electron chi connectivity index (χ1n) is 7.52. The molecule has 0 N–H and O–H groups in total. The molecule has 1 heterocycles. The number of nitro groups is 1. The number of aliphatic imine (C=N–C) groups is 1. The minimum atomic E-state index is -0.687. The molecule has 0 unspecified atom stereocenters. The number of ether oxygens (including phenoxy) is 3. The molecule has 0 saturated heterocycles. The molecule has 0 aliphatic carbocycles. The Balaban J connectivity index is 2.07. The number of nitrogens with zero attached hydrogens (tertiary/aromatic N) is 2. The first-order chi connectivity index (χ1) is 12.5. The summed E-state index contributed by atoms with van der Waals surface area (Å²) in [6.07, 6.45) is 1.29. The van der Waals surface area contributed by atoms with Gasteiger partial charge < -0.3 is 14.2 Å². The van der Waals surface area contributed by atoms with Gasteiger partial charge in [0.2, 0.25) is 5.90 Å². The molecule has 8 heteroatoms. The number of esters is 1. The Morgan fingerprint density at radius 2 is 1.77 bits per heavy atom. The fraction of sp³-hybridized carbons (Fsp3) is 0.111. The largest absolute Gasteiger partial charge is 0.493 e. The van der Waals surface area contributed by atoms with E-state index in [1.807, 2.05) is 6.07 Å². The number of hydrogen-bond acceptors (Lipinski definition) is 7. The van der Waals surface area contributed by atoms with Gasteiger partial charge in [-0.2, -0.15) is 0 Å². The van der Waals surface area contributed by atoms with E-state index in [0.29, 0.717) is 11.3 Å². The first kappa shape index (κ1) is 17.2. The van der Waals surface area contributed by atoms with Crippen molar-refractivity contribution in [2.24, 2.45) is 4.99 Å². The summed E-state index contributed by atoms with van der Waals surface area (Å²) < 4.78 is 15.4. The summed E-state index contributed by atoms with van der Waals surface area (Å²) >= 11 is 0. The number of carbonyl (C=O) groups excluding carboxylic acids is 1. The van der Waals surface area contributed by atoms with Gasteiger partial charge in [0, 0.05) is 5.56 Å². The van der Waals surface area contributed by atoms with E-state index in [2.05, 4.69) is 4.99 Å². The molecule has 0 atom stereocenters. The number of methoxy groups -OCH3 is 2. The van der Waals surface area contributed by atoms with E-state index in [0.717, 1.165) is 0 Å². The van der Waals surface area contributed by atoms with Crippen LogP contribution in [0.1, 0.15) is 11.1 Å². The highest BCUT2D eigenvalue weighted by molar-refractivity contribution is 6.13. The molecule has 0 spiro atoms. The van der Waals surface area contributed by atoms with Crippen LogP contribution in [0.2, 0.25) is 0 Å². The number of rotatable bonds is 5. The minimum Gasteiger partial charge on any atom is -0.493 e. The second-order valence-electron chi connectivity index (χ2n) is 5.23. The Morgan fingerprint density at radius 1 is 1.12 bits per heavy atom. The number of carbonyl (C=O) groups is 1. The minimum absolute atomic E-state index is 0.0424. The van der Waals surface area contributed by atoms with Crippen molar-refractivity contribution >= 4 is 23.6 Å². The van der Waals surface area contributed by atoms with Crippen LogP contribution in [0.25, 0.3) is 6.08 Å². The SMILES string of the molecule is COc1cc(C=C2N=C(c3ccccc3)OC2=O)c([N+](=O)[O-])cc1OC. The standard InChI is InChI=1S/C18H14N2O6/c1-24-15-9-12(14(20(22)23)10-16(15)25-2)8-13-18(21)26-17(19-13)11-6-4-3-5-7-11/h3-10H,1-2H3. The smallest absolute Gasteiger partial charge is 0.363 e. The maximum Gasteiger partial charge on any atom is 0.363 e. The predicted octanol–water partition coefficient (Wildman–Crippen LogP) is 2.96. The van der Waals surface area contributed by atoms with Crippen LogP contribution in [-0.4, -0.2) is 31.0 Å². The zero-order valence-electron chi connectivity index (χ0n) is 14.0. The zero-order valence-corrected chi connectivity index (χ0v) is 14.0. The summed E-state index contributed by atoms with van der Waals surface area (Å²) in [6, 6.07) is 11.5. The highest BCUT2D eigenvalue weighted by atomic mass is 16.6. The van der Waals surface area contributed by atoms with Gasteiger partial charge in [-0.05, 0) is 24.3 Å². The van der Waals surface area contributed by atoms with Crippen molar-refractivity contribution in [3.05, 3.63) is 69.4 Å². The predicted molar refractivity (Wildman–Crippen MR) is 93.2 cm³/mol. The second-order valence-corrected chi connectivity index (χ2v) is 5.23. The van der Waals surface area contributed by atoms with E-state index in [1.165, 1.54) is 32.4 Å². The molecule has 2 aromatic carbocycles. The fourth-order valence-electron chi connectivity index (χ4n) is 2.42. The molecule has 132 valence electrons. The summed E-state index contributed by atoms with van der Waals surface area (Å²) in [6.45, 7) is 0. The summed E-state index contributed by atoms with van der Waals surface area (Å²) in [7, 11) is 2.79. The summed E-state index contributed by atoms with van der Waals surface area (Å²) in [5.74, 6) is -0.0367. The molecule has 3 rings (SSSR count). The number of hydrogen-bond donors (Lipinski definition) is 0. The lowest BCUT2D eigenvalue weighted by atomic mass is 10.1. The van der Waals surface area contributed by atoms with Gasteiger partial charge in [-0.3, -0.25) is 10.1 Å². The van der Waals surface area contributed by atoms with E-state index >= 15 is 0 Å². The monoisotopic (exact) mass is 354 g/mol. The van der Waals surface area contributed by atoms with Crippen molar-refractivity contribution in [2.75, 3.05) is 14.2 Å². The zero-order chi connectivity index (χ0) is 18.7. The van der Waals surface area contributed by atoms with Crippen LogP contribution < -0.4 is 9.47 Å². The van der Waals surface area contributed by atoms with Gasteiger partial charge in [0.1, 0.15) is 0 Å². The van der Waals surface area contributed by atoms with E-state index in [1.54, 1.807) is 24.3 Å². The molecule has 1 aliphatic heterocycles. The van der Waals surface area contributed by atoms with Gasteiger partial charge >= 0.3 is 5.97 Å². The third kappa shape index (κ3) is 3.25. The molecule has 0 radical (unpaired) electrons. The van der Waals surface area contributed by atoms with Crippen molar-refractivity contribution in [1.29, 1.82) is 0 Å². The Hall–Kier alpha value is -3.68. The second kappa shape index (κ2) is 7.06. The third-order valence-electron chi connectivity index (χ3n) is 3.66. The summed E-state index contributed by atoms with van der Waals surface area (Å²) in [5.41, 5.74) is 0.495. The normalized spacial score (nSPS) is 14.8. The Morgan fingerprint density at radius 3 is 2.38 bits per heavy atom. The third-order valence-corrected chi connectivity index (χ3v) is 3.66. The van der Waals surface area contributed by atoms with Crippen LogP contribution in [0.4, 0.5) is 5.69 Å². The summed E-state index contributed by atoms with van der Waals surface area (Å²) in [5, 5.41) is 11.4. The van der Waals surface area contributed by atoms with Gasteiger partial charge in [-0.15, -0.1) is 0 Å². The Kier molecular flexibility index (Phi) is 4.66. The molecule has 0 bridgehead atoms. The van der Waals surface area contributed by atoms with Crippen LogP contribution in [0.3, 0.4) is 0 Å². The molecular formula is C18H14N2O6. The first-order valence-corrected chi connectivity index (χ1v) is 7.52. The molecule has 1 aliphatic rings. The molecular weight excluding hydrogens is 340 g/mol. The Bertz CT molecular complexity index is 934. The number of cyclic esters (lactones) is 1. The van der Waals surface area contributed by atoms with Gasteiger partial charge in [-0.25, -0.2) is 9.79 Å². The van der Waals surface area contributed by atoms with E-state index in [-0.39, 0.29) is 28.6 Å². The lowest BCUT2D eigenvalue weighted by Gasteiger charge is -2.08. The maximum absolute atomic E-state index is 12.1. The highest BCUT2D eigenvalue weighted by Gasteiger charge is 2.26. The lowest BCUT2D eigenvalue weighted by Crippen LogP contribution is -2.05. The van der Waals surface area contributed by atoms with E-state index < -0.39 is 10.9 Å². The van der Waals surface area contributed by atoms with Gasteiger partial charge in [-0.1, -0.05) is 18.2 Å².